The second-order valence-corrected chi connectivity index (χ2v) is 5.56. The van der Waals surface area contributed by atoms with E-state index in [9.17, 15) is 18.0 Å². The van der Waals surface area contributed by atoms with Crippen LogP contribution in [0.4, 0.5) is 18.0 Å². The number of alkyl halides is 2. The van der Waals surface area contributed by atoms with Crippen LogP contribution in [0.5, 0.6) is 0 Å². The van der Waals surface area contributed by atoms with Gasteiger partial charge in [-0.2, -0.15) is 0 Å². The lowest BCUT2D eigenvalue weighted by atomic mass is 10.1. The molecule has 1 N–H and O–H groups in total. The average Bonchev–Trinajstić information content (AvgIpc) is 2.47. The van der Waals surface area contributed by atoms with E-state index in [2.05, 4.69) is 5.32 Å². The molecule has 3 nitrogen and oxygen atoms in total. The van der Waals surface area contributed by atoms with Gasteiger partial charge in [0.15, 0.2) is 0 Å². The first-order chi connectivity index (χ1) is 10.3. The zero-order valence-corrected chi connectivity index (χ0v) is 13.3. The number of halogens is 4. The summed E-state index contributed by atoms with van der Waals surface area (Å²) in [7, 11) is 0. The predicted molar refractivity (Wildman–Crippen MR) is 80.7 cm³/mol. The molecule has 1 rings (SSSR count). The molecule has 0 saturated carbocycles. The molecule has 0 bridgehead atoms. The summed E-state index contributed by atoms with van der Waals surface area (Å²) < 4.78 is 38.5. The maximum Gasteiger partial charge on any atom is 0.317 e. The Morgan fingerprint density at radius 2 is 2.05 bits per heavy atom. The first-order valence-corrected chi connectivity index (χ1v) is 7.46. The molecule has 0 saturated heterocycles. The van der Waals surface area contributed by atoms with Gasteiger partial charge in [0.25, 0.3) is 6.43 Å². The van der Waals surface area contributed by atoms with Gasteiger partial charge in [-0.25, -0.2) is 18.0 Å². The molecule has 0 fully saturated rings. The second-order valence-electron chi connectivity index (χ2n) is 5.18. The van der Waals surface area contributed by atoms with Gasteiger partial charge in [-0.3, -0.25) is 0 Å². The fraction of sp³-hybridized carbons (Fsp3) is 0.533. The Hall–Kier alpha value is -1.43. The van der Waals surface area contributed by atoms with E-state index in [1.54, 1.807) is 6.07 Å². The highest BCUT2D eigenvalue weighted by Crippen LogP contribution is 2.19. The molecule has 0 aliphatic heterocycles. The Kier molecular flexibility index (Phi) is 7.51. The number of carbonyl (C=O) groups excluding carboxylic acids is 1. The van der Waals surface area contributed by atoms with Crippen LogP contribution < -0.4 is 5.32 Å². The van der Waals surface area contributed by atoms with Crippen LogP contribution >= 0.6 is 11.6 Å². The van der Waals surface area contributed by atoms with Gasteiger partial charge < -0.3 is 10.2 Å². The number of hydrogen-bond acceptors (Lipinski definition) is 1. The van der Waals surface area contributed by atoms with Crippen molar-refractivity contribution in [2.24, 2.45) is 5.92 Å². The Balaban J connectivity index is 2.67. The standard InChI is InChI=1S/C15H20ClF3N2O/c1-3-10(2)8-21(9-13(18)19)15(22)20-7-11-5-4-6-12(17)14(11)16/h4-6,10,13H,3,7-9H2,1-2H3,(H,20,22). The minimum Gasteiger partial charge on any atom is -0.334 e. The second kappa shape index (κ2) is 8.88. The van der Waals surface area contributed by atoms with E-state index in [-0.39, 0.29) is 24.0 Å². The van der Waals surface area contributed by atoms with Crippen LogP contribution in [-0.2, 0) is 6.54 Å². The number of rotatable bonds is 7. The number of nitrogens with zero attached hydrogens (tertiary/aromatic N) is 1. The molecule has 1 unspecified atom stereocenters. The number of hydrogen-bond donors (Lipinski definition) is 1. The quantitative estimate of drug-likeness (QED) is 0.791. The van der Waals surface area contributed by atoms with Gasteiger partial charge in [-0.1, -0.05) is 44.0 Å². The Morgan fingerprint density at radius 3 is 2.64 bits per heavy atom. The third kappa shape index (κ3) is 5.75. The predicted octanol–water partition coefficient (Wildman–Crippen LogP) is 4.30. The molecular formula is C15H20ClF3N2O. The van der Waals surface area contributed by atoms with Crippen LogP contribution in [0.2, 0.25) is 5.02 Å². The highest BCUT2D eigenvalue weighted by Gasteiger charge is 2.20. The van der Waals surface area contributed by atoms with E-state index in [1.165, 1.54) is 12.1 Å². The van der Waals surface area contributed by atoms with E-state index >= 15 is 0 Å². The summed E-state index contributed by atoms with van der Waals surface area (Å²) in [6, 6.07) is 3.64. The normalized spacial score (nSPS) is 12.3. The van der Waals surface area contributed by atoms with Gasteiger partial charge in [0.05, 0.1) is 11.6 Å². The van der Waals surface area contributed by atoms with Crippen molar-refractivity contribution in [2.45, 2.75) is 33.2 Å². The summed E-state index contributed by atoms with van der Waals surface area (Å²) in [5.74, 6) is -0.472. The Morgan fingerprint density at radius 1 is 1.36 bits per heavy atom. The fourth-order valence-electron chi connectivity index (χ4n) is 1.88. The van der Waals surface area contributed by atoms with E-state index < -0.39 is 24.8 Å². The topological polar surface area (TPSA) is 32.3 Å². The maximum absolute atomic E-state index is 13.3. The largest absolute Gasteiger partial charge is 0.334 e. The summed E-state index contributed by atoms with van der Waals surface area (Å²) >= 11 is 5.79. The molecule has 124 valence electrons. The lowest BCUT2D eigenvalue weighted by molar-refractivity contribution is 0.0925. The van der Waals surface area contributed by atoms with E-state index in [4.69, 9.17) is 11.6 Å². The first kappa shape index (κ1) is 18.6. The van der Waals surface area contributed by atoms with Crippen molar-refractivity contribution in [3.05, 3.63) is 34.6 Å². The number of nitrogens with one attached hydrogen (secondary N) is 1. The average molecular weight is 337 g/mol. The van der Waals surface area contributed by atoms with Crippen molar-refractivity contribution in [1.29, 1.82) is 0 Å². The molecular weight excluding hydrogens is 317 g/mol. The lowest BCUT2D eigenvalue weighted by Crippen LogP contribution is -2.44. The minimum atomic E-state index is -2.60. The van der Waals surface area contributed by atoms with Crippen molar-refractivity contribution in [3.63, 3.8) is 0 Å². The lowest BCUT2D eigenvalue weighted by Gasteiger charge is -2.25. The van der Waals surface area contributed by atoms with Crippen molar-refractivity contribution < 1.29 is 18.0 Å². The molecule has 0 aromatic heterocycles. The molecule has 0 radical (unpaired) electrons. The van der Waals surface area contributed by atoms with Crippen LogP contribution in [0.25, 0.3) is 0 Å². The van der Waals surface area contributed by atoms with Crippen molar-refractivity contribution >= 4 is 17.6 Å². The monoisotopic (exact) mass is 336 g/mol. The minimum absolute atomic E-state index is 0.0182. The molecule has 1 aromatic carbocycles. The molecule has 0 aliphatic carbocycles. The summed E-state index contributed by atoms with van der Waals surface area (Å²) in [6.07, 6.45) is -1.82. The van der Waals surface area contributed by atoms with Crippen LogP contribution in [0.15, 0.2) is 18.2 Å². The molecule has 2 amide bonds. The van der Waals surface area contributed by atoms with Crippen LogP contribution in [0.1, 0.15) is 25.8 Å². The number of benzene rings is 1. The molecule has 1 aromatic rings. The van der Waals surface area contributed by atoms with Crippen molar-refractivity contribution in [3.8, 4) is 0 Å². The van der Waals surface area contributed by atoms with E-state index in [1.807, 2.05) is 13.8 Å². The third-order valence-electron chi connectivity index (χ3n) is 3.34. The summed E-state index contributed by atoms with van der Waals surface area (Å²) in [5.41, 5.74) is 0.399. The van der Waals surface area contributed by atoms with Gasteiger partial charge in [0.2, 0.25) is 0 Å². The zero-order valence-electron chi connectivity index (χ0n) is 12.6. The van der Waals surface area contributed by atoms with Gasteiger partial charge in [-0.15, -0.1) is 0 Å². The Bertz CT molecular complexity index is 500. The molecule has 1 atom stereocenters. The third-order valence-corrected chi connectivity index (χ3v) is 3.76. The Labute approximate surface area is 133 Å². The van der Waals surface area contributed by atoms with Crippen molar-refractivity contribution in [1.82, 2.24) is 10.2 Å². The molecule has 0 aliphatic rings. The van der Waals surface area contributed by atoms with Gasteiger partial charge >= 0.3 is 6.03 Å². The maximum atomic E-state index is 13.3. The summed E-state index contributed by atoms with van der Waals surface area (Å²) in [5, 5.41) is 2.43. The highest BCUT2D eigenvalue weighted by atomic mass is 35.5. The van der Waals surface area contributed by atoms with Crippen LogP contribution in [0, 0.1) is 11.7 Å². The van der Waals surface area contributed by atoms with Crippen LogP contribution in [0.3, 0.4) is 0 Å². The fourth-order valence-corrected chi connectivity index (χ4v) is 2.07. The first-order valence-electron chi connectivity index (χ1n) is 7.08. The van der Waals surface area contributed by atoms with Gasteiger partial charge in [0.1, 0.15) is 5.82 Å². The number of amides is 2. The van der Waals surface area contributed by atoms with Crippen molar-refractivity contribution in [2.75, 3.05) is 13.1 Å². The number of urea groups is 1. The smallest absolute Gasteiger partial charge is 0.317 e. The summed E-state index contributed by atoms with van der Waals surface area (Å²) in [6.45, 7) is 3.40. The van der Waals surface area contributed by atoms with Gasteiger partial charge in [0, 0.05) is 13.1 Å². The van der Waals surface area contributed by atoms with E-state index in [0.717, 1.165) is 11.3 Å². The SMILES string of the molecule is CCC(C)CN(CC(F)F)C(=O)NCc1cccc(F)c1Cl. The molecule has 0 heterocycles. The van der Waals surface area contributed by atoms with Gasteiger partial charge in [-0.05, 0) is 17.5 Å². The number of carbonyl (C=O) groups is 1. The zero-order chi connectivity index (χ0) is 16.7. The molecule has 22 heavy (non-hydrogen) atoms. The highest BCUT2D eigenvalue weighted by molar-refractivity contribution is 6.31. The summed E-state index contributed by atoms with van der Waals surface area (Å²) in [4.78, 5) is 13.1. The van der Waals surface area contributed by atoms with Crippen LogP contribution in [-0.4, -0.2) is 30.4 Å². The molecule has 7 heteroatoms. The molecule has 0 spiro atoms. The van der Waals surface area contributed by atoms with E-state index in [0.29, 0.717) is 5.56 Å².